The second-order valence-electron chi connectivity index (χ2n) is 5.90. The molecule has 1 amide bonds. The predicted octanol–water partition coefficient (Wildman–Crippen LogP) is 2.87. The third kappa shape index (κ3) is 4.27. The highest BCUT2D eigenvalue weighted by Gasteiger charge is 2.26. The van der Waals surface area contributed by atoms with Gasteiger partial charge < -0.3 is 10.2 Å². The van der Waals surface area contributed by atoms with E-state index in [1.807, 2.05) is 18.9 Å². The molecule has 5 heteroatoms. The summed E-state index contributed by atoms with van der Waals surface area (Å²) in [6, 6.07) is 0. The Morgan fingerprint density at radius 2 is 2.14 bits per heavy atom. The number of carbonyl (C=O) groups excluding carboxylic acids is 1. The molecule has 2 heterocycles. The van der Waals surface area contributed by atoms with Crippen molar-refractivity contribution in [1.82, 2.24) is 15.2 Å². The number of hydrogen-bond acceptors (Lipinski definition) is 4. The molecule has 1 aliphatic heterocycles. The minimum Gasteiger partial charge on any atom is -0.338 e. The Balaban J connectivity index is 1.92. The summed E-state index contributed by atoms with van der Waals surface area (Å²) in [7, 11) is 2.00. The Labute approximate surface area is 132 Å². The van der Waals surface area contributed by atoms with Gasteiger partial charge in [0.05, 0.1) is 10.7 Å². The van der Waals surface area contributed by atoms with E-state index in [1.54, 1.807) is 11.3 Å². The first-order chi connectivity index (χ1) is 10.2. The van der Waals surface area contributed by atoms with Gasteiger partial charge in [0.15, 0.2) is 0 Å². The van der Waals surface area contributed by atoms with Gasteiger partial charge in [-0.15, -0.1) is 11.3 Å². The lowest BCUT2D eigenvalue weighted by molar-refractivity contribution is 0.0691. The third-order valence-electron chi connectivity index (χ3n) is 4.20. The number of nitrogens with zero attached hydrogens (tertiary/aromatic N) is 2. The molecule has 0 atom stereocenters. The first kappa shape index (κ1) is 16.4. The van der Waals surface area contributed by atoms with Gasteiger partial charge >= 0.3 is 0 Å². The van der Waals surface area contributed by atoms with Crippen LogP contribution in [0, 0.1) is 12.8 Å². The first-order valence-corrected chi connectivity index (χ1v) is 8.87. The number of piperidine rings is 1. The van der Waals surface area contributed by atoms with Gasteiger partial charge in [-0.1, -0.05) is 6.92 Å². The molecule has 0 radical (unpaired) electrons. The summed E-state index contributed by atoms with van der Waals surface area (Å²) in [5.41, 5.74) is 0.908. The molecule has 0 aromatic carbocycles. The fourth-order valence-corrected chi connectivity index (χ4v) is 4.02. The first-order valence-electron chi connectivity index (χ1n) is 8.05. The summed E-state index contributed by atoms with van der Waals surface area (Å²) in [6.07, 6.45) is 5.54. The van der Waals surface area contributed by atoms with Gasteiger partial charge in [-0.2, -0.15) is 0 Å². The van der Waals surface area contributed by atoms with Crippen LogP contribution in [0.2, 0.25) is 0 Å². The maximum atomic E-state index is 12.6. The Morgan fingerprint density at radius 3 is 2.76 bits per heavy atom. The number of amides is 1. The Bertz CT molecular complexity index is 464. The summed E-state index contributed by atoms with van der Waals surface area (Å²) in [5.74, 6) is 0.958. The molecule has 0 saturated carbocycles. The van der Waals surface area contributed by atoms with Crippen LogP contribution in [0.4, 0.5) is 0 Å². The van der Waals surface area contributed by atoms with Crippen LogP contribution in [0.3, 0.4) is 0 Å². The largest absolute Gasteiger partial charge is 0.338 e. The van der Waals surface area contributed by atoms with Gasteiger partial charge in [0.1, 0.15) is 4.88 Å². The zero-order valence-electron chi connectivity index (χ0n) is 13.4. The van der Waals surface area contributed by atoms with E-state index >= 15 is 0 Å². The Kier molecular flexibility index (Phi) is 6.18. The van der Waals surface area contributed by atoms with Gasteiger partial charge in [-0.3, -0.25) is 4.79 Å². The van der Waals surface area contributed by atoms with E-state index in [2.05, 4.69) is 17.2 Å². The van der Waals surface area contributed by atoms with E-state index < -0.39 is 0 Å². The summed E-state index contributed by atoms with van der Waals surface area (Å²) in [5, 5.41) is 4.31. The quantitative estimate of drug-likeness (QED) is 0.879. The molecule has 1 aliphatic rings. The molecule has 1 aromatic heterocycles. The highest BCUT2D eigenvalue weighted by atomic mass is 32.1. The normalized spacial score (nSPS) is 16.4. The van der Waals surface area contributed by atoms with Crippen LogP contribution in [-0.2, 0) is 6.42 Å². The van der Waals surface area contributed by atoms with Gasteiger partial charge in [0.2, 0.25) is 0 Å². The van der Waals surface area contributed by atoms with E-state index in [9.17, 15) is 4.79 Å². The average Bonchev–Trinajstić information content (AvgIpc) is 2.86. The van der Waals surface area contributed by atoms with Crippen molar-refractivity contribution in [2.45, 2.75) is 46.0 Å². The van der Waals surface area contributed by atoms with Crippen LogP contribution < -0.4 is 5.32 Å². The number of thiazole rings is 1. The fraction of sp³-hybridized carbons (Fsp3) is 0.750. The molecule has 2 rings (SSSR count). The van der Waals surface area contributed by atoms with Crippen LogP contribution >= 0.6 is 11.3 Å². The van der Waals surface area contributed by atoms with Crippen molar-refractivity contribution in [2.75, 3.05) is 26.7 Å². The van der Waals surface area contributed by atoms with Crippen molar-refractivity contribution in [3.63, 3.8) is 0 Å². The zero-order chi connectivity index (χ0) is 15.2. The Morgan fingerprint density at radius 1 is 1.43 bits per heavy atom. The lowest BCUT2D eigenvalue weighted by Crippen LogP contribution is -2.38. The second kappa shape index (κ2) is 7.90. The van der Waals surface area contributed by atoms with Gasteiger partial charge in [-0.25, -0.2) is 4.98 Å². The van der Waals surface area contributed by atoms with Crippen molar-refractivity contribution < 1.29 is 4.79 Å². The standard InChI is InChI=1S/C16H27N3OS/c1-4-5-14-18-12(2)15(21-14)16(20)19-10-7-13(8-11-19)6-9-17-3/h13,17H,4-11H2,1-3H3. The van der Waals surface area contributed by atoms with Crippen molar-refractivity contribution in [1.29, 1.82) is 0 Å². The monoisotopic (exact) mass is 309 g/mol. The molecule has 0 bridgehead atoms. The molecular weight excluding hydrogens is 282 g/mol. The smallest absolute Gasteiger partial charge is 0.265 e. The maximum absolute atomic E-state index is 12.6. The van der Waals surface area contributed by atoms with E-state index in [0.29, 0.717) is 0 Å². The molecule has 21 heavy (non-hydrogen) atoms. The number of nitrogens with one attached hydrogen (secondary N) is 1. The maximum Gasteiger partial charge on any atom is 0.265 e. The third-order valence-corrected chi connectivity index (χ3v) is 5.41. The number of aryl methyl sites for hydroxylation is 2. The molecule has 1 fully saturated rings. The van der Waals surface area contributed by atoms with Gasteiger partial charge in [0.25, 0.3) is 5.91 Å². The highest BCUT2D eigenvalue weighted by molar-refractivity contribution is 7.13. The summed E-state index contributed by atoms with van der Waals surface area (Å²) in [6.45, 7) is 6.98. The van der Waals surface area contributed by atoms with Crippen LogP contribution in [0.1, 0.15) is 53.0 Å². The lowest BCUT2D eigenvalue weighted by Gasteiger charge is -2.31. The minimum absolute atomic E-state index is 0.194. The molecule has 1 aromatic rings. The van der Waals surface area contributed by atoms with Crippen molar-refractivity contribution in [2.24, 2.45) is 5.92 Å². The SMILES string of the molecule is CCCc1nc(C)c(C(=O)N2CCC(CCNC)CC2)s1. The van der Waals surface area contributed by atoms with E-state index in [0.717, 1.165) is 66.8 Å². The van der Waals surface area contributed by atoms with Gasteiger partial charge in [0, 0.05) is 13.1 Å². The minimum atomic E-state index is 0.194. The van der Waals surface area contributed by atoms with Crippen molar-refractivity contribution in [3.05, 3.63) is 15.6 Å². The van der Waals surface area contributed by atoms with Gasteiger partial charge in [-0.05, 0) is 58.5 Å². The zero-order valence-corrected chi connectivity index (χ0v) is 14.3. The summed E-state index contributed by atoms with van der Waals surface area (Å²) < 4.78 is 0. The molecular formula is C16H27N3OS. The van der Waals surface area contributed by atoms with E-state index in [4.69, 9.17) is 0 Å². The van der Waals surface area contributed by atoms with E-state index in [-0.39, 0.29) is 5.91 Å². The van der Waals surface area contributed by atoms with Crippen molar-refractivity contribution in [3.8, 4) is 0 Å². The predicted molar refractivity (Wildman–Crippen MR) is 88.0 cm³/mol. The molecule has 1 saturated heterocycles. The molecule has 0 aliphatic carbocycles. The number of carbonyl (C=O) groups is 1. The molecule has 4 nitrogen and oxygen atoms in total. The number of aromatic nitrogens is 1. The van der Waals surface area contributed by atoms with E-state index in [1.165, 1.54) is 6.42 Å². The topological polar surface area (TPSA) is 45.2 Å². The van der Waals surface area contributed by atoms with Crippen LogP contribution in [-0.4, -0.2) is 42.5 Å². The Hall–Kier alpha value is -0.940. The molecule has 118 valence electrons. The molecule has 1 N–H and O–H groups in total. The average molecular weight is 309 g/mol. The fourth-order valence-electron chi connectivity index (χ4n) is 2.89. The second-order valence-corrected chi connectivity index (χ2v) is 6.98. The number of rotatable bonds is 6. The number of likely N-dealkylation sites (tertiary alicyclic amines) is 1. The van der Waals surface area contributed by atoms with Crippen molar-refractivity contribution >= 4 is 17.2 Å². The molecule has 0 unspecified atom stereocenters. The lowest BCUT2D eigenvalue weighted by atomic mass is 9.93. The van der Waals surface area contributed by atoms with Crippen LogP contribution in [0.5, 0.6) is 0 Å². The summed E-state index contributed by atoms with van der Waals surface area (Å²) in [4.78, 5) is 20.1. The highest BCUT2D eigenvalue weighted by Crippen LogP contribution is 2.25. The number of hydrogen-bond donors (Lipinski definition) is 1. The summed E-state index contributed by atoms with van der Waals surface area (Å²) >= 11 is 1.59. The molecule has 0 spiro atoms. The van der Waals surface area contributed by atoms with Crippen LogP contribution in [0.15, 0.2) is 0 Å². The van der Waals surface area contributed by atoms with Crippen LogP contribution in [0.25, 0.3) is 0 Å².